The van der Waals surface area contributed by atoms with Gasteiger partial charge in [-0.3, -0.25) is 4.79 Å². The third kappa shape index (κ3) is 3.90. The Balaban J connectivity index is 2.09. The van der Waals surface area contributed by atoms with Crippen molar-refractivity contribution in [1.29, 1.82) is 0 Å². The van der Waals surface area contributed by atoms with E-state index in [4.69, 9.17) is 5.11 Å². The summed E-state index contributed by atoms with van der Waals surface area (Å²) in [5.41, 5.74) is -2.18. The molecule has 0 amide bonds. The van der Waals surface area contributed by atoms with Crippen LogP contribution in [0.2, 0.25) is 0 Å². The largest absolute Gasteiger partial charge is 0.504 e. The Hall–Kier alpha value is -2.20. The molecule has 0 radical (unpaired) electrons. The number of carbonyl (C=O) groups excluding carboxylic acids is 1. The zero-order valence-electron chi connectivity index (χ0n) is 13.1. The van der Waals surface area contributed by atoms with Gasteiger partial charge in [-0.05, 0) is 17.7 Å². The molecule has 1 fully saturated rings. The highest BCUT2D eigenvalue weighted by Gasteiger charge is 2.51. The van der Waals surface area contributed by atoms with E-state index in [2.05, 4.69) is 0 Å². The average molecular weight is 356 g/mol. The lowest BCUT2D eigenvalue weighted by molar-refractivity contribution is -0.181. The lowest BCUT2D eigenvalue weighted by Crippen LogP contribution is -2.55. The van der Waals surface area contributed by atoms with E-state index in [-0.39, 0.29) is 5.56 Å². The van der Waals surface area contributed by atoms with Crippen LogP contribution in [0.3, 0.4) is 0 Å². The van der Waals surface area contributed by atoms with E-state index in [0.29, 0.717) is 0 Å². The van der Waals surface area contributed by atoms with Crippen molar-refractivity contribution in [3.05, 3.63) is 23.8 Å². The molecule has 0 heterocycles. The quantitative estimate of drug-likeness (QED) is 0.327. The number of hydrogen-bond acceptors (Lipinski definition) is 8. The Bertz CT molecular complexity index is 660. The Labute approximate surface area is 142 Å². The molecular formula is C16H20O9. The molecule has 1 aliphatic carbocycles. The molecule has 9 heteroatoms. The standard InChI is InChI=1S/C16H20O9/c17-8-2-1-7(3-10(8)19)9(18)4-11(20)14-12(21)5-16(25,15(23)24)6-13(14)22/h1-3,9,12-14,17-19,21-22,25H,4-6H2,(H,23,24)/t9-,12+,13+,14-,16+/m0/s1. The van der Waals surface area contributed by atoms with Crippen molar-refractivity contribution < 1.29 is 45.3 Å². The van der Waals surface area contributed by atoms with Crippen LogP contribution in [0.4, 0.5) is 0 Å². The van der Waals surface area contributed by atoms with Crippen molar-refractivity contribution in [2.75, 3.05) is 0 Å². The fourth-order valence-electron chi connectivity index (χ4n) is 3.08. The molecule has 1 saturated carbocycles. The number of carbonyl (C=O) groups is 2. The number of aliphatic hydroxyl groups is 4. The molecule has 25 heavy (non-hydrogen) atoms. The molecule has 3 atom stereocenters. The van der Waals surface area contributed by atoms with E-state index in [0.717, 1.165) is 12.1 Å². The van der Waals surface area contributed by atoms with Crippen LogP contribution in [0.5, 0.6) is 11.5 Å². The number of aromatic hydroxyl groups is 2. The van der Waals surface area contributed by atoms with Crippen molar-refractivity contribution in [3.63, 3.8) is 0 Å². The molecule has 0 aliphatic heterocycles. The van der Waals surface area contributed by atoms with Gasteiger partial charge < -0.3 is 35.7 Å². The van der Waals surface area contributed by atoms with Gasteiger partial charge in [-0.15, -0.1) is 0 Å². The average Bonchev–Trinajstić information content (AvgIpc) is 2.48. The summed E-state index contributed by atoms with van der Waals surface area (Å²) in [6.45, 7) is 0. The first-order valence-electron chi connectivity index (χ1n) is 7.59. The molecule has 0 bridgehead atoms. The van der Waals surface area contributed by atoms with Gasteiger partial charge in [0.05, 0.1) is 24.2 Å². The summed E-state index contributed by atoms with van der Waals surface area (Å²) in [5.74, 6) is -4.54. The SMILES string of the molecule is O=C(C[C@H](O)c1ccc(O)c(O)c1)[C@H]1[C@H](O)C[C@](O)(C(=O)O)C[C@H]1O. The van der Waals surface area contributed by atoms with E-state index in [1.807, 2.05) is 0 Å². The van der Waals surface area contributed by atoms with Gasteiger partial charge in [0.25, 0.3) is 0 Å². The number of aliphatic carboxylic acids is 1. The van der Waals surface area contributed by atoms with Gasteiger partial charge >= 0.3 is 5.97 Å². The van der Waals surface area contributed by atoms with Gasteiger partial charge in [0.2, 0.25) is 0 Å². The molecule has 2 rings (SSSR count). The summed E-state index contributed by atoms with van der Waals surface area (Å²) < 4.78 is 0. The Morgan fingerprint density at radius 1 is 1.12 bits per heavy atom. The normalized spacial score (nSPS) is 30.6. The van der Waals surface area contributed by atoms with Crippen LogP contribution in [0.15, 0.2) is 18.2 Å². The molecule has 1 aromatic carbocycles. The van der Waals surface area contributed by atoms with E-state index in [1.165, 1.54) is 6.07 Å². The molecular weight excluding hydrogens is 336 g/mol. The first kappa shape index (κ1) is 19.1. The number of phenolic OH excluding ortho intramolecular Hbond substituents is 2. The van der Waals surface area contributed by atoms with Gasteiger partial charge in [0.1, 0.15) is 5.78 Å². The summed E-state index contributed by atoms with van der Waals surface area (Å²) >= 11 is 0. The first-order valence-corrected chi connectivity index (χ1v) is 7.59. The van der Waals surface area contributed by atoms with Crippen LogP contribution in [0.25, 0.3) is 0 Å². The maximum atomic E-state index is 12.3. The lowest BCUT2D eigenvalue weighted by atomic mass is 9.72. The van der Waals surface area contributed by atoms with E-state index in [1.54, 1.807) is 0 Å². The molecule has 1 aliphatic rings. The molecule has 1 aromatic rings. The van der Waals surface area contributed by atoms with Crippen molar-refractivity contribution >= 4 is 11.8 Å². The number of aliphatic hydroxyl groups excluding tert-OH is 3. The van der Waals surface area contributed by atoms with Crippen molar-refractivity contribution in [3.8, 4) is 11.5 Å². The molecule has 0 saturated heterocycles. The zero-order valence-corrected chi connectivity index (χ0v) is 13.1. The molecule has 0 unspecified atom stereocenters. The molecule has 0 aromatic heterocycles. The molecule has 0 spiro atoms. The van der Waals surface area contributed by atoms with Crippen molar-refractivity contribution in [1.82, 2.24) is 0 Å². The fraction of sp³-hybridized carbons (Fsp3) is 0.500. The van der Waals surface area contributed by atoms with Crippen molar-refractivity contribution in [2.45, 2.75) is 43.2 Å². The minimum Gasteiger partial charge on any atom is -0.504 e. The number of hydrogen-bond donors (Lipinski definition) is 7. The molecule has 7 N–H and O–H groups in total. The fourth-order valence-corrected chi connectivity index (χ4v) is 3.08. The third-order valence-electron chi connectivity index (χ3n) is 4.47. The maximum absolute atomic E-state index is 12.3. The van der Waals surface area contributed by atoms with Crippen LogP contribution in [-0.2, 0) is 9.59 Å². The minimum absolute atomic E-state index is 0.144. The summed E-state index contributed by atoms with van der Waals surface area (Å²) in [6.07, 6.45) is -6.28. The highest BCUT2D eigenvalue weighted by molar-refractivity contribution is 5.84. The molecule has 138 valence electrons. The van der Waals surface area contributed by atoms with Crippen LogP contribution >= 0.6 is 0 Å². The Morgan fingerprint density at radius 3 is 2.16 bits per heavy atom. The van der Waals surface area contributed by atoms with Gasteiger partial charge in [-0.2, -0.15) is 0 Å². The van der Waals surface area contributed by atoms with Crippen LogP contribution < -0.4 is 0 Å². The number of rotatable bonds is 5. The number of ketones is 1. The number of Topliss-reactive ketones (excluding diaryl/α,β-unsaturated/α-hetero) is 1. The summed E-state index contributed by atoms with van der Waals surface area (Å²) in [4.78, 5) is 23.3. The van der Waals surface area contributed by atoms with Crippen LogP contribution in [0, 0.1) is 5.92 Å². The number of benzene rings is 1. The molecule has 9 nitrogen and oxygen atoms in total. The highest BCUT2D eigenvalue weighted by atomic mass is 16.4. The second-order valence-corrected chi connectivity index (χ2v) is 6.34. The Morgan fingerprint density at radius 2 is 1.68 bits per heavy atom. The van der Waals surface area contributed by atoms with Gasteiger partial charge in [-0.1, -0.05) is 6.07 Å². The minimum atomic E-state index is -2.32. The van der Waals surface area contributed by atoms with Crippen molar-refractivity contribution in [2.24, 2.45) is 5.92 Å². The smallest absolute Gasteiger partial charge is 0.335 e. The predicted octanol–water partition coefficient (Wildman–Crippen LogP) is -0.962. The first-order chi connectivity index (χ1) is 11.5. The second-order valence-electron chi connectivity index (χ2n) is 6.34. The summed E-state index contributed by atoms with van der Waals surface area (Å²) in [7, 11) is 0. The second kappa shape index (κ2) is 6.96. The van der Waals surface area contributed by atoms with Crippen LogP contribution in [0.1, 0.15) is 30.9 Å². The number of carboxylic acid groups (broad SMARTS) is 1. The highest BCUT2D eigenvalue weighted by Crippen LogP contribution is 2.36. The Kier molecular flexibility index (Phi) is 5.33. The van der Waals surface area contributed by atoms with Gasteiger partial charge in [-0.25, -0.2) is 4.79 Å². The van der Waals surface area contributed by atoms with Crippen LogP contribution in [-0.4, -0.2) is 65.3 Å². The monoisotopic (exact) mass is 356 g/mol. The third-order valence-corrected chi connectivity index (χ3v) is 4.47. The van der Waals surface area contributed by atoms with E-state index in [9.17, 15) is 40.2 Å². The summed E-state index contributed by atoms with van der Waals surface area (Å²) in [5, 5.41) is 67.6. The lowest BCUT2D eigenvalue weighted by Gasteiger charge is -2.39. The summed E-state index contributed by atoms with van der Waals surface area (Å²) in [6, 6.07) is 3.50. The maximum Gasteiger partial charge on any atom is 0.335 e. The number of carboxylic acids is 1. The van der Waals surface area contributed by atoms with E-state index >= 15 is 0 Å². The van der Waals surface area contributed by atoms with Gasteiger partial charge in [0, 0.05) is 19.3 Å². The van der Waals surface area contributed by atoms with E-state index < -0.39 is 72.3 Å². The topological polar surface area (TPSA) is 176 Å². The predicted molar refractivity (Wildman–Crippen MR) is 81.7 cm³/mol. The number of phenols is 2. The zero-order chi connectivity index (χ0) is 18.9. The van der Waals surface area contributed by atoms with Gasteiger partial charge in [0.15, 0.2) is 17.1 Å².